The van der Waals surface area contributed by atoms with Crippen LogP contribution < -0.4 is 5.73 Å². The van der Waals surface area contributed by atoms with Gasteiger partial charge in [-0.1, -0.05) is 6.92 Å². The third-order valence-corrected chi connectivity index (χ3v) is 5.23. The first-order valence-corrected chi connectivity index (χ1v) is 10.9. The van der Waals surface area contributed by atoms with Crippen LogP contribution in [-0.2, 0) is 29.3 Å². The van der Waals surface area contributed by atoms with Gasteiger partial charge >= 0.3 is 16.1 Å². The molecule has 5 unspecified atom stereocenters. The van der Waals surface area contributed by atoms with Gasteiger partial charge < -0.3 is 39.3 Å². The predicted octanol–water partition coefficient (Wildman–Crippen LogP) is -0.289. The number of nitrogens with two attached hydrogens (primary N) is 1. The zero-order valence-electron chi connectivity index (χ0n) is 14.6. The van der Waals surface area contributed by atoms with E-state index in [1.54, 1.807) is 6.20 Å². The second-order valence-corrected chi connectivity index (χ2v) is 8.08. The number of phosphoric ester groups is 1. The molecule has 0 spiro atoms. The minimum atomic E-state index is -4.99. The van der Waals surface area contributed by atoms with Crippen LogP contribution in [0, 0.1) is 0 Å². The number of nitrogens with zero attached hydrogens (tertiary/aromatic N) is 3. The Labute approximate surface area is 159 Å². The third kappa shape index (κ3) is 4.28. The molecular formula is C13H20N4O9P2. The predicted molar refractivity (Wildman–Crippen MR) is 95.3 cm³/mol. The number of ether oxygens (including phenoxy) is 1. The zero-order chi connectivity index (χ0) is 20.6. The van der Waals surface area contributed by atoms with Gasteiger partial charge in [0.05, 0.1) is 18.5 Å². The maximum atomic E-state index is 11.3. The Bertz CT molecular complexity index is 932. The number of imidazole rings is 1. The second-order valence-electron chi connectivity index (χ2n) is 6.06. The molecule has 15 heteroatoms. The summed E-state index contributed by atoms with van der Waals surface area (Å²) in [6.07, 6.45) is -1.98. The van der Waals surface area contributed by atoms with Crippen molar-refractivity contribution in [2.45, 2.75) is 37.9 Å². The molecule has 6 N–H and O–H groups in total. The lowest BCUT2D eigenvalue weighted by Crippen LogP contribution is -2.35. The molecule has 28 heavy (non-hydrogen) atoms. The van der Waals surface area contributed by atoms with Gasteiger partial charge in [0.2, 0.25) is 0 Å². The molecule has 156 valence electrons. The van der Waals surface area contributed by atoms with Crippen molar-refractivity contribution < 1.29 is 42.7 Å². The lowest BCUT2D eigenvalue weighted by Gasteiger charge is -2.21. The monoisotopic (exact) mass is 438 g/mol. The van der Waals surface area contributed by atoms with Gasteiger partial charge in [-0.2, -0.15) is 0 Å². The van der Waals surface area contributed by atoms with Crippen LogP contribution in [0.3, 0.4) is 0 Å². The Morgan fingerprint density at radius 3 is 2.75 bits per heavy atom. The Hall–Kier alpha value is -1.40. The maximum Gasteiger partial charge on any atom is 0.470 e. The number of hydrogen-bond donors (Lipinski definition) is 5. The molecule has 1 aliphatic rings. The zero-order valence-corrected chi connectivity index (χ0v) is 16.5. The van der Waals surface area contributed by atoms with E-state index in [2.05, 4.69) is 19.0 Å². The highest BCUT2D eigenvalue weighted by Gasteiger charge is 2.49. The number of nitrogen functional groups attached to an aromatic ring is 1. The van der Waals surface area contributed by atoms with Crippen LogP contribution in [-0.4, -0.2) is 59.2 Å². The van der Waals surface area contributed by atoms with E-state index in [0.717, 1.165) is 5.56 Å². The molecule has 2 aromatic rings. The Kier molecular flexibility index (Phi) is 6.20. The van der Waals surface area contributed by atoms with Gasteiger partial charge in [-0.05, 0) is 12.0 Å². The number of aliphatic hydroxyl groups excluding tert-OH is 1. The molecule has 1 fully saturated rings. The summed E-state index contributed by atoms with van der Waals surface area (Å²) in [5.41, 5.74) is 7.51. The number of fused-ring (bicyclic) bond motifs is 1. The van der Waals surface area contributed by atoms with E-state index in [1.807, 2.05) is 6.92 Å². The fourth-order valence-electron chi connectivity index (χ4n) is 3.11. The average Bonchev–Trinajstić information content (AvgIpc) is 3.16. The molecule has 0 aromatic carbocycles. The summed E-state index contributed by atoms with van der Waals surface area (Å²) in [4.78, 5) is 35.4. The van der Waals surface area contributed by atoms with Crippen LogP contribution >= 0.6 is 16.1 Å². The molecule has 0 radical (unpaired) electrons. The van der Waals surface area contributed by atoms with Crippen molar-refractivity contribution in [1.29, 1.82) is 0 Å². The fourth-order valence-corrected chi connectivity index (χ4v) is 4.00. The van der Waals surface area contributed by atoms with Crippen molar-refractivity contribution >= 4 is 32.9 Å². The number of anilines is 1. The maximum absolute atomic E-state index is 11.3. The number of pyridine rings is 1. The van der Waals surface area contributed by atoms with Gasteiger partial charge in [0.1, 0.15) is 23.8 Å². The number of rotatable bonds is 7. The van der Waals surface area contributed by atoms with Gasteiger partial charge in [-0.25, -0.2) is 14.5 Å². The van der Waals surface area contributed by atoms with E-state index < -0.39 is 47.2 Å². The molecule has 2 aromatic heterocycles. The van der Waals surface area contributed by atoms with Crippen molar-refractivity contribution in [1.82, 2.24) is 14.5 Å². The van der Waals surface area contributed by atoms with E-state index in [-0.39, 0.29) is 5.82 Å². The van der Waals surface area contributed by atoms with E-state index in [4.69, 9.17) is 25.2 Å². The van der Waals surface area contributed by atoms with E-state index in [1.165, 1.54) is 10.9 Å². The Morgan fingerprint density at radius 1 is 1.43 bits per heavy atom. The average molecular weight is 438 g/mol. The quantitative estimate of drug-likeness (QED) is 0.354. The highest BCUT2D eigenvalue weighted by molar-refractivity contribution is 7.46. The van der Waals surface area contributed by atoms with E-state index in [9.17, 15) is 14.2 Å². The Morgan fingerprint density at radius 2 is 2.14 bits per heavy atom. The SMILES string of the molecule is CCc1cnc(N)c2ncn(C3OC(CO[PH](=O)O)C(OP(=O)(O)O)C3O)c12. The normalized spacial score (nSPS) is 26.8. The van der Waals surface area contributed by atoms with Crippen molar-refractivity contribution in [3.8, 4) is 0 Å². The van der Waals surface area contributed by atoms with Crippen LogP contribution in [0.15, 0.2) is 12.5 Å². The molecule has 3 heterocycles. The van der Waals surface area contributed by atoms with Gasteiger partial charge in [-0.3, -0.25) is 9.09 Å². The molecule has 0 bridgehead atoms. The lowest BCUT2D eigenvalue weighted by atomic mass is 10.1. The van der Waals surface area contributed by atoms with E-state index >= 15 is 0 Å². The van der Waals surface area contributed by atoms with Crippen molar-refractivity contribution in [3.05, 3.63) is 18.1 Å². The number of aromatic nitrogens is 3. The van der Waals surface area contributed by atoms with Gasteiger partial charge in [0.15, 0.2) is 12.0 Å². The van der Waals surface area contributed by atoms with Crippen LogP contribution in [0.2, 0.25) is 0 Å². The van der Waals surface area contributed by atoms with Crippen LogP contribution in [0.5, 0.6) is 0 Å². The summed E-state index contributed by atoms with van der Waals surface area (Å²) in [7, 11) is -8.33. The van der Waals surface area contributed by atoms with Gasteiger partial charge in [0, 0.05) is 6.20 Å². The van der Waals surface area contributed by atoms with Crippen molar-refractivity contribution in [2.75, 3.05) is 12.3 Å². The highest BCUT2D eigenvalue weighted by atomic mass is 31.2. The summed E-state index contributed by atoms with van der Waals surface area (Å²) >= 11 is 0. The minimum absolute atomic E-state index is 0.167. The first-order chi connectivity index (χ1) is 13.1. The first kappa shape index (κ1) is 21.3. The minimum Gasteiger partial charge on any atom is -0.386 e. The van der Waals surface area contributed by atoms with Gasteiger partial charge in [-0.15, -0.1) is 0 Å². The third-order valence-electron chi connectivity index (χ3n) is 4.29. The van der Waals surface area contributed by atoms with Gasteiger partial charge in [0.25, 0.3) is 0 Å². The number of aliphatic hydroxyl groups is 1. The molecule has 0 aliphatic carbocycles. The van der Waals surface area contributed by atoms with Crippen LogP contribution in [0.4, 0.5) is 5.82 Å². The fraction of sp³-hybridized carbons (Fsp3) is 0.538. The highest BCUT2D eigenvalue weighted by Crippen LogP contribution is 2.45. The molecule has 0 saturated carbocycles. The molecule has 3 rings (SSSR count). The van der Waals surface area contributed by atoms with E-state index in [0.29, 0.717) is 17.5 Å². The molecule has 5 atom stereocenters. The largest absolute Gasteiger partial charge is 0.470 e. The summed E-state index contributed by atoms with van der Waals surface area (Å²) in [5.74, 6) is 0.167. The number of aryl methyl sites for hydroxylation is 1. The second kappa shape index (κ2) is 8.15. The first-order valence-electron chi connectivity index (χ1n) is 8.15. The summed E-state index contributed by atoms with van der Waals surface area (Å²) in [5, 5.41) is 10.6. The Balaban J connectivity index is 2.00. The van der Waals surface area contributed by atoms with Crippen molar-refractivity contribution in [2.24, 2.45) is 0 Å². The number of phosphoric acid groups is 1. The lowest BCUT2D eigenvalue weighted by molar-refractivity contribution is -0.0473. The van der Waals surface area contributed by atoms with Crippen LogP contribution in [0.25, 0.3) is 11.0 Å². The van der Waals surface area contributed by atoms with Crippen molar-refractivity contribution in [3.63, 3.8) is 0 Å². The summed E-state index contributed by atoms with van der Waals surface area (Å²) in [6.45, 7) is 1.36. The number of hydrogen-bond acceptors (Lipinski definition) is 9. The molecule has 1 aliphatic heterocycles. The summed E-state index contributed by atoms with van der Waals surface area (Å²) < 4.78 is 38.5. The molecular weight excluding hydrogens is 418 g/mol. The van der Waals surface area contributed by atoms with Crippen LogP contribution in [0.1, 0.15) is 18.7 Å². The summed E-state index contributed by atoms with van der Waals surface area (Å²) in [6, 6.07) is 0. The topological polar surface area (TPSA) is 199 Å². The standard InChI is InChI=1S/C13H20N4O9P2/c1-2-6-3-15-12(14)8-9(6)17(5-16-8)13-10(18)11(26-28(21,22)23)7(25-13)4-24-27(19)20/h3,5,7,10-11,13,18,27H,2,4H2,1H3,(H2,14,15)(H,19,20)(H2,21,22,23). The molecule has 1 saturated heterocycles. The smallest absolute Gasteiger partial charge is 0.386 e. The molecule has 0 amide bonds. The molecule has 13 nitrogen and oxygen atoms in total.